The van der Waals surface area contributed by atoms with Crippen LogP contribution >= 0.6 is 11.6 Å². The molecule has 112 valence electrons. The van der Waals surface area contributed by atoms with Gasteiger partial charge in [-0.25, -0.2) is 0 Å². The van der Waals surface area contributed by atoms with Gasteiger partial charge in [0, 0.05) is 12.4 Å². The van der Waals surface area contributed by atoms with E-state index in [-0.39, 0.29) is 0 Å². The Hall–Kier alpha value is -0.530. The van der Waals surface area contributed by atoms with Crippen LogP contribution in [0.4, 0.5) is 0 Å². The molecule has 1 saturated carbocycles. The minimum atomic E-state index is 0.388. The van der Waals surface area contributed by atoms with Crippen molar-refractivity contribution in [2.75, 3.05) is 19.0 Å². The Bertz CT molecular complexity index is 357. The van der Waals surface area contributed by atoms with Gasteiger partial charge in [0.1, 0.15) is 0 Å². The average Bonchev–Trinajstić information content (AvgIpc) is 2.53. The number of alkyl halides is 1. The van der Waals surface area contributed by atoms with Crippen LogP contribution in [0.3, 0.4) is 0 Å². The Balaban J connectivity index is 1.57. The molecule has 1 fully saturated rings. The summed E-state index contributed by atoms with van der Waals surface area (Å²) in [7, 11) is 0. The molecular weight excluding hydrogens is 266 g/mol. The van der Waals surface area contributed by atoms with Crippen LogP contribution in [0.2, 0.25) is 0 Å². The predicted octanol–water partition coefficient (Wildman–Crippen LogP) is 4.79. The molecule has 0 bridgehead atoms. The summed E-state index contributed by atoms with van der Waals surface area (Å²) in [5.74, 6) is 0.823. The van der Waals surface area contributed by atoms with Gasteiger partial charge in [-0.05, 0) is 49.6 Å². The summed E-state index contributed by atoms with van der Waals surface area (Å²) in [6.07, 6.45) is 10.5. The Labute approximate surface area is 129 Å². The second-order valence-electron chi connectivity index (χ2n) is 6.31. The minimum absolute atomic E-state index is 0.388. The molecule has 0 unspecified atom stereocenters. The van der Waals surface area contributed by atoms with E-state index in [9.17, 15) is 0 Å². The van der Waals surface area contributed by atoms with E-state index in [1.165, 1.54) is 56.9 Å². The molecule has 0 radical (unpaired) electrons. The highest BCUT2D eigenvalue weighted by atomic mass is 35.5. The summed E-state index contributed by atoms with van der Waals surface area (Å²) in [5, 5.41) is 3.65. The lowest BCUT2D eigenvalue weighted by atomic mass is 9.75. The van der Waals surface area contributed by atoms with Gasteiger partial charge in [0.05, 0.1) is 0 Å². The third-order valence-corrected chi connectivity index (χ3v) is 5.18. The van der Waals surface area contributed by atoms with Gasteiger partial charge in [-0.2, -0.15) is 0 Å². The lowest BCUT2D eigenvalue weighted by Gasteiger charge is -2.35. The van der Waals surface area contributed by atoms with Gasteiger partial charge in [0.25, 0.3) is 0 Å². The first-order valence-electron chi connectivity index (χ1n) is 8.15. The monoisotopic (exact) mass is 293 g/mol. The van der Waals surface area contributed by atoms with Crippen molar-refractivity contribution in [1.82, 2.24) is 5.32 Å². The van der Waals surface area contributed by atoms with E-state index in [1.807, 2.05) is 0 Å². The molecule has 2 rings (SSSR count). The maximum absolute atomic E-state index is 6.22. The van der Waals surface area contributed by atoms with Gasteiger partial charge in [-0.3, -0.25) is 0 Å². The fraction of sp³-hybridized carbons (Fsp3) is 0.667. The van der Waals surface area contributed by atoms with E-state index in [1.54, 1.807) is 0 Å². The van der Waals surface area contributed by atoms with E-state index in [4.69, 9.17) is 11.6 Å². The van der Waals surface area contributed by atoms with Crippen molar-refractivity contribution in [2.24, 2.45) is 5.41 Å². The smallest absolute Gasteiger partial charge is 0.0292 e. The Morgan fingerprint density at radius 3 is 2.45 bits per heavy atom. The first-order valence-corrected chi connectivity index (χ1v) is 8.69. The lowest BCUT2D eigenvalue weighted by molar-refractivity contribution is 0.212. The zero-order valence-corrected chi connectivity index (χ0v) is 13.3. The molecule has 1 aliphatic rings. The second-order valence-corrected chi connectivity index (χ2v) is 6.58. The average molecular weight is 294 g/mol. The van der Waals surface area contributed by atoms with Gasteiger partial charge in [0.15, 0.2) is 0 Å². The van der Waals surface area contributed by atoms with Gasteiger partial charge in [-0.15, -0.1) is 11.6 Å². The second kappa shape index (κ2) is 8.69. The standard InChI is InChI=1S/C18H28ClN/c19-15-18(12-6-2-7-13-18)16-20-14-8-5-11-17-9-3-1-4-10-17/h1,3-4,9-10,20H,2,5-8,11-16H2. The molecule has 0 atom stereocenters. The van der Waals surface area contributed by atoms with Crippen LogP contribution in [0.1, 0.15) is 50.5 Å². The third-order valence-electron chi connectivity index (χ3n) is 4.61. The number of hydrogen-bond acceptors (Lipinski definition) is 1. The summed E-state index contributed by atoms with van der Waals surface area (Å²) in [6.45, 7) is 2.24. The fourth-order valence-electron chi connectivity index (χ4n) is 3.24. The van der Waals surface area contributed by atoms with Gasteiger partial charge < -0.3 is 5.32 Å². The van der Waals surface area contributed by atoms with Crippen LogP contribution < -0.4 is 5.32 Å². The number of nitrogens with one attached hydrogen (secondary N) is 1. The molecule has 1 N–H and O–H groups in total. The number of halogens is 1. The van der Waals surface area contributed by atoms with Crippen LogP contribution in [-0.2, 0) is 6.42 Å². The quantitative estimate of drug-likeness (QED) is 0.537. The number of hydrogen-bond donors (Lipinski definition) is 1. The summed E-state index contributed by atoms with van der Waals surface area (Å²) >= 11 is 6.22. The van der Waals surface area contributed by atoms with Crippen LogP contribution in [-0.4, -0.2) is 19.0 Å². The topological polar surface area (TPSA) is 12.0 Å². The van der Waals surface area contributed by atoms with Crippen molar-refractivity contribution in [2.45, 2.75) is 51.4 Å². The van der Waals surface area contributed by atoms with E-state index in [2.05, 4.69) is 35.6 Å². The van der Waals surface area contributed by atoms with E-state index in [0.717, 1.165) is 19.0 Å². The molecule has 20 heavy (non-hydrogen) atoms. The van der Waals surface area contributed by atoms with E-state index in [0.29, 0.717) is 5.41 Å². The number of benzene rings is 1. The molecule has 0 aliphatic heterocycles. The zero-order valence-electron chi connectivity index (χ0n) is 12.5. The van der Waals surface area contributed by atoms with Crippen molar-refractivity contribution in [1.29, 1.82) is 0 Å². The summed E-state index contributed by atoms with van der Waals surface area (Å²) in [6, 6.07) is 10.8. The molecular formula is C18H28ClN. The van der Waals surface area contributed by atoms with Gasteiger partial charge >= 0.3 is 0 Å². The van der Waals surface area contributed by atoms with Crippen LogP contribution in [0.15, 0.2) is 30.3 Å². The fourth-order valence-corrected chi connectivity index (χ4v) is 3.60. The highest BCUT2D eigenvalue weighted by Gasteiger charge is 2.30. The molecule has 0 aromatic heterocycles. The molecule has 1 aromatic rings. The Kier molecular flexibility index (Phi) is 6.89. The van der Waals surface area contributed by atoms with Gasteiger partial charge in [-0.1, -0.05) is 49.6 Å². The first-order chi connectivity index (χ1) is 9.85. The predicted molar refractivity (Wildman–Crippen MR) is 88.5 cm³/mol. The van der Waals surface area contributed by atoms with Crippen molar-refractivity contribution < 1.29 is 0 Å². The van der Waals surface area contributed by atoms with Crippen LogP contribution in [0.25, 0.3) is 0 Å². The minimum Gasteiger partial charge on any atom is -0.316 e. The number of rotatable bonds is 8. The Morgan fingerprint density at radius 2 is 1.75 bits per heavy atom. The summed E-state index contributed by atoms with van der Waals surface area (Å²) in [5.41, 5.74) is 1.84. The van der Waals surface area contributed by atoms with Gasteiger partial charge in [0.2, 0.25) is 0 Å². The maximum Gasteiger partial charge on any atom is 0.0292 e. The highest BCUT2D eigenvalue weighted by molar-refractivity contribution is 6.18. The maximum atomic E-state index is 6.22. The number of unbranched alkanes of at least 4 members (excludes halogenated alkanes) is 1. The molecule has 0 amide bonds. The molecule has 0 heterocycles. The molecule has 1 aromatic carbocycles. The van der Waals surface area contributed by atoms with Crippen molar-refractivity contribution in [3.05, 3.63) is 35.9 Å². The van der Waals surface area contributed by atoms with Crippen molar-refractivity contribution >= 4 is 11.6 Å². The summed E-state index contributed by atoms with van der Waals surface area (Å²) in [4.78, 5) is 0. The summed E-state index contributed by atoms with van der Waals surface area (Å²) < 4.78 is 0. The SMILES string of the molecule is ClCC1(CNCCCCc2ccccc2)CCCCC1. The van der Waals surface area contributed by atoms with Crippen molar-refractivity contribution in [3.8, 4) is 0 Å². The van der Waals surface area contributed by atoms with E-state index >= 15 is 0 Å². The molecule has 0 saturated heterocycles. The van der Waals surface area contributed by atoms with Crippen molar-refractivity contribution in [3.63, 3.8) is 0 Å². The Morgan fingerprint density at radius 1 is 1.00 bits per heavy atom. The number of aryl methyl sites for hydroxylation is 1. The molecule has 1 aliphatic carbocycles. The van der Waals surface area contributed by atoms with Crippen LogP contribution in [0, 0.1) is 5.41 Å². The highest BCUT2D eigenvalue weighted by Crippen LogP contribution is 2.36. The molecule has 0 spiro atoms. The zero-order chi connectivity index (χ0) is 14.1. The van der Waals surface area contributed by atoms with Crippen LogP contribution in [0.5, 0.6) is 0 Å². The lowest BCUT2D eigenvalue weighted by Crippen LogP contribution is -2.38. The molecule has 2 heteroatoms. The third kappa shape index (κ3) is 5.10. The normalized spacial score (nSPS) is 18.1. The van der Waals surface area contributed by atoms with E-state index < -0.39 is 0 Å². The molecule has 1 nitrogen and oxygen atoms in total. The first kappa shape index (κ1) is 15.9. The largest absolute Gasteiger partial charge is 0.316 e.